The SMILES string of the molecule is Cc1cccnc1CNC(=O)CN1C(=O)c2cccc(c2)S(=O)(=O)Nc2nc(cc(-c3c(C)cccc3C)n2)OC[C@H]1CC(C)(C)C. The Kier molecular flexibility index (Phi) is 9.62. The number of aryl methyl sites for hydroxylation is 3. The highest BCUT2D eigenvalue weighted by molar-refractivity contribution is 7.92. The molecule has 3 heterocycles. The Morgan fingerprint density at radius 1 is 1.00 bits per heavy atom. The number of sulfonamides is 1. The van der Waals surface area contributed by atoms with Crippen molar-refractivity contribution < 1.29 is 22.7 Å². The Bertz CT molecular complexity index is 1900. The second kappa shape index (κ2) is 13.5. The molecule has 4 bridgehead atoms. The molecule has 246 valence electrons. The van der Waals surface area contributed by atoms with Crippen molar-refractivity contribution in [1.82, 2.24) is 25.2 Å². The first-order valence-electron chi connectivity index (χ1n) is 15.4. The summed E-state index contributed by atoms with van der Waals surface area (Å²) in [4.78, 5) is 42.3. The lowest BCUT2D eigenvalue weighted by Gasteiger charge is -2.35. The Morgan fingerprint density at radius 3 is 2.40 bits per heavy atom. The van der Waals surface area contributed by atoms with Crippen LogP contribution in [0.2, 0.25) is 0 Å². The maximum Gasteiger partial charge on any atom is 0.264 e. The number of nitrogens with zero attached hydrogens (tertiary/aromatic N) is 4. The number of hydrogen-bond acceptors (Lipinski definition) is 8. The minimum atomic E-state index is -4.22. The van der Waals surface area contributed by atoms with Crippen LogP contribution < -0.4 is 14.8 Å². The zero-order chi connectivity index (χ0) is 33.9. The van der Waals surface area contributed by atoms with Crippen LogP contribution in [-0.2, 0) is 21.4 Å². The molecule has 0 spiro atoms. The van der Waals surface area contributed by atoms with Gasteiger partial charge in [-0.05, 0) is 73.6 Å². The summed E-state index contributed by atoms with van der Waals surface area (Å²) in [5.41, 5.74) is 4.70. The fourth-order valence-corrected chi connectivity index (χ4v) is 6.63. The van der Waals surface area contributed by atoms with Gasteiger partial charge in [-0.25, -0.2) is 18.1 Å². The number of benzene rings is 2. The van der Waals surface area contributed by atoms with Crippen molar-refractivity contribution in [2.75, 3.05) is 17.9 Å². The quantitative estimate of drug-likeness (QED) is 0.288. The van der Waals surface area contributed by atoms with Gasteiger partial charge >= 0.3 is 0 Å². The van der Waals surface area contributed by atoms with Crippen LogP contribution in [0.5, 0.6) is 5.88 Å². The summed E-state index contributed by atoms with van der Waals surface area (Å²) in [5, 5.41) is 2.89. The maximum absolute atomic E-state index is 14.2. The van der Waals surface area contributed by atoms with Crippen molar-refractivity contribution in [2.24, 2.45) is 5.41 Å². The number of rotatable bonds is 6. The Hall–Kier alpha value is -4.84. The zero-order valence-corrected chi connectivity index (χ0v) is 28.3. The highest BCUT2D eigenvalue weighted by Crippen LogP contribution is 2.31. The summed E-state index contributed by atoms with van der Waals surface area (Å²) in [6, 6.07) is 16.4. The highest BCUT2D eigenvalue weighted by Gasteiger charge is 2.32. The van der Waals surface area contributed by atoms with E-state index in [1.165, 1.54) is 29.2 Å². The fraction of sp³-hybridized carbons (Fsp3) is 0.343. The number of carbonyl (C=O) groups is 2. The molecule has 12 heteroatoms. The smallest absolute Gasteiger partial charge is 0.264 e. The topological polar surface area (TPSA) is 143 Å². The molecule has 11 nitrogen and oxygen atoms in total. The molecule has 2 N–H and O–H groups in total. The van der Waals surface area contributed by atoms with E-state index in [0.29, 0.717) is 12.1 Å². The summed E-state index contributed by atoms with van der Waals surface area (Å²) in [7, 11) is -4.22. The molecular formula is C35H40N6O5S. The van der Waals surface area contributed by atoms with Crippen LogP contribution >= 0.6 is 0 Å². The molecule has 4 aromatic rings. The molecule has 0 aliphatic carbocycles. The van der Waals surface area contributed by atoms with Crippen LogP contribution in [0.4, 0.5) is 5.95 Å². The average molecular weight is 657 g/mol. The number of hydrogen-bond donors (Lipinski definition) is 2. The van der Waals surface area contributed by atoms with E-state index in [0.717, 1.165) is 27.9 Å². The number of anilines is 1. The third kappa shape index (κ3) is 8.12. The molecule has 1 aliphatic heterocycles. The van der Waals surface area contributed by atoms with Gasteiger partial charge in [-0.3, -0.25) is 14.6 Å². The van der Waals surface area contributed by atoms with Crippen molar-refractivity contribution in [2.45, 2.75) is 65.4 Å². The van der Waals surface area contributed by atoms with Gasteiger partial charge in [0.2, 0.25) is 17.7 Å². The van der Waals surface area contributed by atoms with Gasteiger partial charge in [-0.2, -0.15) is 4.98 Å². The summed E-state index contributed by atoms with van der Waals surface area (Å²) in [5.74, 6) is -0.928. The number of nitrogens with one attached hydrogen (secondary N) is 2. The van der Waals surface area contributed by atoms with E-state index in [1.807, 2.05) is 71.9 Å². The molecule has 0 saturated heterocycles. The normalized spacial score (nSPS) is 16.2. The molecule has 0 fully saturated rings. The third-order valence-corrected chi connectivity index (χ3v) is 9.24. The van der Waals surface area contributed by atoms with Crippen molar-refractivity contribution in [3.8, 4) is 17.1 Å². The van der Waals surface area contributed by atoms with Crippen molar-refractivity contribution >= 4 is 27.8 Å². The van der Waals surface area contributed by atoms with Crippen LogP contribution in [0, 0.1) is 26.2 Å². The summed E-state index contributed by atoms with van der Waals surface area (Å²) >= 11 is 0. The van der Waals surface area contributed by atoms with Gasteiger partial charge < -0.3 is 15.0 Å². The van der Waals surface area contributed by atoms with Gasteiger partial charge in [0.15, 0.2) is 0 Å². The lowest BCUT2D eigenvalue weighted by Crippen LogP contribution is -2.50. The minimum absolute atomic E-state index is 0.00920. The van der Waals surface area contributed by atoms with Crippen molar-refractivity contribution in [3.63, 3.8) is 0 Å². The van der Waals surface area contributed by atoms with E-state index >= 15 is 0 Å². The lowest BCUT2D eigenvalue weighted by molar-refractivity contribution is -0.122. The van der Waals surface area contributed by atoms with Crippen molar-refractivity contribution in [3.05, 3.63) is 94.8 Å². The average Bonchev–Trinajstić information content (AvgIpc) is 3.00. The molecular weight excluding hydrogens is 616 g/mol. The van der Waals surface area contributed by atoms with Crippen molar-refractivity contribution in [1.29, 1.82) is 0 Å². The van der Waals surface area contributed by atoms with E-state index in [-0.39, 0.29) is 47.4 Å². The zero-order valence-electron chi connectivity index (χ0n) is 27.5. The highest BCUT2D eigenvalue weighted by atomic mass is 32.2. The summed E-state index contributed by atoms with van der Waals surface area (Å²) in [6.07, 6.45) is 2.14. The number of aromatic nitrogens is 3. The van der Waals surface area contributed by atoms with Gasteiger partial charge in [-0.1, -0.05) is 51.1 Å². The number of carbonyl (C=O) groups excluding carboxylic acids is 2. The Morgan fingerprint density at radius 2 is 1.70 bits per heavy atom. The molecule has 2 aromatic heterocycles. The molecule has 0 unspecified atom stereocenters. The van der Waals surface area contributed by atoms with E-state index in [2.05, 4.69) is 25.0 Å². The first-order chi connectivity index (χ1) is 22.2. The minimum Gasteiger partial charge on any atom is -0.475 e. The van der Waals surface area contributed by atoms with Gasteiger partial charge in [0.25, 0.3) is 15.9 Å². The molecule has 1 aliphatic rings. The maximum atomic E-state index is 14.2. The number of pyridine rings is 1. The molecule has 5 rings (SSSR count). The Labute approximate surface area is 275 Å². The largest absolute Gasteiger partial charge is 0.475 e. The molecule has 2 aromatic carbocycles. The third-order valence-electron chi connectivity index (χ3n) is 7.91. The first-order valence-corrected chi connectivity index (χ1v) is 16.9. The van der Waals surface area contributed by atoms with Gasteiger partial charge in [-0.15, -0.1) is 0 Å². The first kappa shape index (κ1) is 33.5. The molecule has 0 saturated carbocycles. The Balaban J connectivity index is 1.59. The molecule has 0 radical (unpaired) electrons. The lowest BCUT2D eigenvalue weighted by atomic mass is 9.87. The van der Waals surface area contributed by atoms with E-state index in [4.69, 9.17) is 4.74 Å². The van der Waals surface area contributed by atoms with E-state index < -0.39 is 27.9 Å². The second-order valence-corrected chi connectivity index (χ2v) is 14.7. The van der Waals surface area contributed by atoms with E-state index in [1.54, 1.807) is 12.3 Å². The summed E-state index contributed by atoms with van der Waals surface area (Å²) < 4.78 is 35.9. The molecule has 2 amide bonds. The van der Waals surface area contributed by atoms with Crippen LogP contribution in [0.25, 0.3) is 11.3 Å². The van der Waals surface area contributed by atoms with Gasteiger partial charge in [0, 0.05) is 23.4 Å². The van der Waals surface area contributed by atoms with Crippen LogP contribution in [-0.4, -0.2) is 59.3 Å². The predicted molar refractivity (Wildman–Crippen MR) is 179 cm³/mol. The second-order valence-electron chi connectivity index (χ2n) is 13.0. The molecule has 47 heavy (non-hydrogen) atoms. The van der Waals surface area contributed by atoms with Gasteiger partial charge in [0.1, 0.15) is 13.2 Å². The monoisotopic (exact) mass is 656 g/mol. The number of fused-ring (bicyclic) bond motifs is 4. The number of ether oxygens (including phenoxy) is 1. The van der Waals surface area contributed by atoms with Crippen LogP contribution in [0.1, 0.15) is 59.9 Å². The fourth-order valence-electron chi connectivity index (χ4n) is 5.64. The molecule has 1 atom stereocenters. The summed E-state index contributed by atoms with van der Waals surface area (Å²) in [6.45, 7) is 11.8. The van der Waals surface area contributed by atoms with Gasteiger partial charge in [0.05, 0.1) is 28.9 Å². The number of amides is 2. The standard InChI is InChI=1S/C35H40N6O5S/c1-22-12-9-15-36-29(22)19-37-30(42)20-41-26(18-35(4,5)6)21-46-31-17-28(32-23(2)10-7-11-24(32)3)38-34(39-31)40-47(44,45)27-14-8-13-25(16-27)33(41)43/h7-17,26H,18-21H2,1-6H3,(H,37,42)(H,38,39,40)/t26-/m1/s1. The van der Waals surface area contributed by atoms with Crippen LogP contribution in [0.3, 0.4) is 0 Å². The predicted octanol–water partition coefficient (Wildman–Crippen LogP) is 5.22. The van der Waals surface area contributed by atoms with Crippen LogP contribution in [0.15, 0.2) is 71.8 Å². The van der Waals surface area contributed by atoms with E-state index in [9.17, 15) is 18.0 Å².